The van der Waals surface area contributed by atoms with Crippen LogP contribution in [0.5, 0.6) is 5.75 Å². The molecule has 0 N–H and O–H groups in total. The summed E-state index contributed by atoms with van der Waals surface area (Å²) >= 11 is 0. The molecule has 28 heavy (non-hydrogen) atoms. The van der Waals surface area contributed by atoms with Crippen molar-refractivity contribution in [1.29, 1.82) is 0 Å². The van der Waals surface area contributed by atoms with Crippen LogP contribution in [0.3, 0.4) is 0 Å². The molecular weight excluding hydrogens is 362 g/mol. The van der Waals surface area contributed by atoms with Crippen LogP contribution >= 0.6 is 0 Å². The molecule has 0 saturated carbocycles. The maximum atomic E-state index is 13.9. The van der Waals surface area contributed by atoms with Crippen molar-refractivity contribution >= 4 is 5.65 Å². The Morgan fingerprint density at radius 2 is 1.86 bits per heavy atom. The number of rotatable bonds is 5. The maximum absolute atomic E-state index is 13.9. The van der Waals surface area contributed by atoms with E-state index in [1.54, 1.807) is 12.3 Å². The van der Waals surface area contributed by atoms with Crippen LogP contribution in [-0.4, -0.2) is 19.2 Å². The van der Waals surface area contributed by atoms with Gasteiger partial charge in [0.15, 0.2) is 11.4 Å². The van der Waals surface area contributed by atoms with Crippen molar-refractivity contribution in [2.45, 2.75) is 33.4 Å². The maximum Gasteiger partial charge on any atom is 0.180 e. The van der Waals surface area contributed by atoms with Crippen molar-refractivity contribution in [1.82, 2.24) is 19.2 Å². The van der Waals surface area contributed by atoms with Gasteiger partial charge < -0.3 is 4.74 Å². The number of hydrogen-bond donors (Lipinski definition) is 0. The quantitative estimate of drug-likeness (QED) is 0.491. The first-order chi connectivity index (χ1) is 13.5. The summed E-state index contributed by atoms with van der Waals surface area (Å²) in [5.74, 6) is -0.808. The molecule has 5 nitrogen and oxygen atoms in total. The van der Waals surface area contributed by atoms with Crippen LogP contribution in [0.2, 0.25) is 0 Å². The number of benzene rings is 1. The SMILES string of the molecule is Cc1nc2c(OCc3c(F)cccc3F)cccn2c1-c1cnn(C(C)C)c1. The molecule has 0 unspecified atom stereocenters. The van der Waals surface area contributed by atoms with Crippen LogP contribution < -0.4 is 4.74 Å². The number of fused-ring (bicyclic) bond motifs is 1. The van der Waals surface area contributed by atoms with E-state index in [9.17, 15) is 8.78 Å². The molecule has 0 aliphatic carbocycles. The summed E-state index contributed by atoms with van der Waals surface area (Å²) in [5.41, 5.74) is 3.15. The van der Waals surface area contributed by atoms with E-state index in [0.29, 0.717) is 11.4 Å². The van der Waals surface area contributed by atoms with Gasteiger partial charge in [-0.15, -0.1) is 0 Å². The first-order valence-electron chi connectivity index (χ1n) is 9.03. The molecule has 4 rings (SSSR count). The molecule has 144 valence electrons. The summed E-state index contributed by atoms with van der Waals surface area (Å²) in [6, 6.07) is 7.57. The Labute approximate surface area is 161 Å². The van der Waals surface area contributed by atoms with E-state index in [0.717, 1.165) is 17.0 Å². The van der Waals surface area contributed by atoms with Crippen molar-refractivity contribution < 1.29 is 13.5 Å². The predicted molar refractivity (Wildman–Crippen MR) is 102 cm³/mol. The molecule has 0 spiro atoms. The second-order valence-electron chi connectivity index (χ2n) is 6.90. The molecule has 0 aliphatic heterocycles. The van der Waals surface area contributed by atoms with Crippen LogP contribution in [-0.2, 0) is 6.61 Å². The van der Waals surface area contributed by atoms with Crippen LogP contribution in [0.25, 0.3) is 16.9 Å². The second kappa shape index (κ2) is 7.07. The molecule has 0 atom stereocenters. The zero-order valence-electron chi connectivity index (χ0n) is 15.9. The Morgan fingerprint density at radius 1 is 1.11 bits per heavy atom. The number of aryl methyl sites for hydroxylation is 1. The number of nitrogens with zero attached hydrogens (tertiary/aromatic N) is 4. The molecular formula is C21H20F2N4O. The van der Waals surface area contributed by atoms with Gasteiger partial charge in [-0.2, -0.15) is 5.10 Å². The fourth-order valence-corrected chi connectivity index (χ4v) is 3.18. The lowest BCUT2D eigenvalue weighted by Gasteiger charge is -2.09. The Hall–Kier alpha value is -3.22. The third kappa shape index (κ3) is 3.13. The summed E-state index contributed by atoms with van der Waals surface area (Å²) in [6.07, 6.45) is 5.66. The van der Waals surface area contributed by atoms with Crippen molar-refractivity contribution in [3.8, 4) is 17.0 Å². The Bertz CT molecular complexity index is 1130. The summed E-state index contributed by atoms with van der Waals surface area (Å²) in [5, 5.41) is 4.40. The first-order valence-corrected chi connectivity index (χ1v) is 9.03. The third-order valence-corrected chi connectivity index (χ3v) is 4.63. The van der Waals surface area contributed by atoms with E-state index >= 15 is 0 Å². The minimum atomic E-state index is -0.631. The van der Waals surface area contributed by atoms with Gasteiger partial charge in [-0.3, -0.25) is 9.08 Å². The average molecular weight is 382 g/mol. The molecule has 4 aromatic rings. The van der Waals surface area contributed by atoms with Gasteiger partial charge in [-0.05, 0) is 45.0 Å². The first kappa shape index (κ1) is 18.2. The Balaban J connectivity index is 1.71. The zero-order valence-corrected chi connectivity index (χ0v) is 15.9. The molecule has 3 aromatic heterocycles. The molecule has 0 aliphatic rings. The van der Waals surface area contributed by atoms with Crippen LogP contribution in [0, 0.1) is 18.6 Å². The number of halogens is 2. The highest BCUT2D eigenvalue weighted by Crippen LogP contribution is 2.30. The second-order valence-corrected chi connectivity index (χ2v) is 6.90. The van der Waals surface area contributed by atoms with Crippen molar-refractivity contribution in [2.75, 3.05) is 0 Å². The van der Waals surface area contributed by atoms with Crippen molar-refractivity contribution in [2.24, 2.45) is 0 Å². The van der Waals surface area contributed by atoms with E-state index in [2.05, 4.69) is 23.9 Å². The highest BCUT2D eigenvalue weighted by atomic mass is 19.1. The Kier molecular flexibility index (Phi) is 4.58. The van der Waals surface area contributed by atoms with Gasteiger partial charge in [0.05, 0.1) is 23.1 Å². The minimum Gasteiger partial charge on any atom is -0.485 e. The molecule has 0 radical (unpaired) electrons. The number of imidazole rings is 1. The van der Waals surface area contributed by atoms with E-state index in [1.165, 1.54) is 18.2 Å². The van der Waals surface area contributed by atoms with Crippen molar-refractivity contribution in [3.63, 3.8) is 0 Å². The van der Waals surface area contributed by atoms with Gasteiger partial charge in [0, 0.05) is 24.0 Å². The lowest BCUT2D eigenvalue weighted by molar-refractivity contribution is 0.294. The highest BCUT2D eigenvalue weighted by molar-refractivity contribution is 5.69. The largest absolute Gasteiger partial charge is 0.485 e. The monoisotopic (exact) mass is 382 g/mol. The van der Waals surface area contributed by atoms with E-state index < -0.39 is 11.6 Å². The van der Waals surface area contributed by atoms with E-state index in [-0.39, 0.29) is 18.2 Å². The number of ether oxygens (including phenoxy) is 1. The average Bonchev–Trinajstić information content (AvgIpc) is 3.25. The summed E-state index contributed by atoms with van der Waals surface area (Å²) in [7, 11) is 0. The predicted octanol–water partition coefficient (Wildman–Crippen LogP) is 4.94. The normalized spacial score (nSPS) is 11.5. The van der Waals surface area contributed by atoms with Crippen molar-refractivity contribution in [3.05, 3.63) is 71.8 Å². The molecule has 3 heterocycles. The van der Waals surface area contributed by atoms with Gasteiger partial charge in [-0.25, -0.2) is 13.8 Å². The Morgan fingerprint density at radius 3 is 2.54 bits per heavy atom. The topological polar surface area (TPSA) is 44.4 Å². The molecule has 0 amide bonds. The molecule has 0 bridgehead atoms. The third-order valence-electron chi connectivity index (χ3n) is 4.63. The molecule has 1 aromatic carbocycles. The zero-order chi connectivity index (χ0) is 19.8. The summed E-state index contributed by atoms with van der Waals surface area (Å²) in [4.78, 5) is 4.61. The highest BCUT2D eigenvalue weighted by Gasteiger charge is 2.17. The molecule has 7 heteroatoms. The van der Waals surface area contributed by atoms with Gasteiger partial charge in [0.1, 0.15) is 18.2 Å². The number of pyridine rings is 1. The standard InChI is InChI=1S/C21H20F2N4O/c1-13(2)27-11-15(10-24-27)20-14(3)25-21-19(8-5-9-26(20)21)28-12-16-17(22)6-4-7-18(16)23/h4-11,13H,12H2,1-3H3. The van der Waals surface area contributed by atoms with Crippen LogP contribution in [0.1, 0.15) is 31.1 Å². The molecule has 0 fully saturated rings. The van der Waals surface area contributed by atoms with Gasteiger partial charge in [0.25, 0.3) is 0 Å². The molecule has 0 saturated heterocycles. The minimum absolute atomic E-state index is 0.105. The lowest BCUT2D eigenvalue weighted by atomic mass is 10.2. The van der Waals surface area contributed by atoms with E-state index in [4.69, 9.17) is 4.74 Å². The smallest absolute Gasteiger partial charge is 0.180 e. The van der Waals surface area contributed by atoms with Crippen LogP contribution in [0.15, 0.2) is 48.9 Å². The van der Waals surface area contributed by atoms with Crippen LogP contribution in [0.4, 0.5) is 8.78 Å². The van der Waals surface area contributed by atoms with Gasteiger partial charge >= 0.3 is 0 Å². The van der Waals surface area contributed by atoms with E-state index in [1.807, 2.05) is 34.5 Å². The lowest BCUT2D eigenvalue weighted by Crippen LogP contribution is -2.03. The summed E-state index contributed by atoms with van der Waals surface area (Å²) in [6.45, 7) is 5.82. The fraction of sp³-hybridized carbons (Fsp3) is 0.238. The van der Waals surface area contributed by atoms with Gasteiger partial charge in [-0.1, -0.05) is 6.07 Å². The summed E-state index contributed by atoms with van der Waals surface area (Å²) < 4.78 is 37.3. The number of hydrogen-bond acceptors (Lipinski definition) is 3. The fourth-order valence-electron chi connectivity index (χ4n) is 3.18. The van der Waals surface area contributed by atoms with Gasteiger partial charge in [0.2, 0.25) is 0 Å². The number of aromatic nitrogens is 4.